The quantitative estimate of drug-likeness (QED) is 0.849. The predicted octanol–water partition coefficient (Wildman–Crippen LogP) is 0.930. The normalized spacial score (nSPS) is 19.9. The monoisotopic (exact) mass is 303 g/mol. The molecule has 1 aromatic rings. The van der Waals surface area contributed by atoms with Crippen LogP contribution in [-0.2, 0) is 16.0 Å². The first-order valence-electron chi connectivity index (χ1n) is 7.86. The summed E-state index contributed by atoms with van der Waals surface area (Å²) in [6, 6.07) is 8.71. The average Bonchev–Trinajstić information content (AvgIpc) is 2.49. The van der Waals surface area contributed by atoms with Crippen molar-refractivity contribution in [3.63, 3.8) is 0 Å². The number of carbonyl (C=O) groups excluding carboxylic acids is 2. The Hall–Kier alpha value is -1.88. The molecule has 3 N–H and O–H groups in total. The van der Waals surface area contributed by atoms with Crippen molar-refractivity contribution in [1.82, 2.24) is 10.2 Å². The largest absolute Gasteiger partial charge is 0.353 e. The van der Waals surface area contributed by atoms with E-state index in [0.717, 1.165) is 5.56 Å². The maximum atomic E-state index is 12.7. The van der Waals surface area contributed by atoms with Gasteiger partial charge in [-0.25, -0.2) is 0 Å². The van der Waals surface area contributed by atoms with Crippen molar-refractivity contribution in [2.24, 2.45) is 11.7 Å². The summed E-state index contributed by atoms with van der Waals surface area (Å²) in [5.41, 5.74) is 7.13. The molecule has 1 fully saturated rings. The van der Waals surface area contributed by atoms with E-state index in [0.29, 0.717) is 31.8 Å². The van der Waals surface area contributed by atoms with Gasteiger partial charge in [0.15, 0.2) is 0 Å². The second-order valence-electron chi connectivity index (χ2n) is 6.26. The predicted molar refractivity (Wildman–Crippen MR) is 86.1 cm³/mol. The first kappa shape index (κ1) is 16.5. The van der Waals surface area contributed by atoms with Crippen molar-refractivity contribution < 1.29 is 9.59 Å². The van der Waals surface area contributed by atoms with E-state index in [1.807, 2.05) is 30.3 Å². The summed E-state index contributed by atoms with van der Waals surface area (Å²) < 4.78 is 0. The van der Waals surface area contributed by atoms with E-state index in [2.05, 4.69) is 19.2 Å². The maximum absolute atomic E-state index is 12.7. The molecule has 1 unspecified atom stereocenters. The smallest absolute Gasteiger partial charge is 0.242 e. The lowest BCUT2D eigenvalue weighted by Gasteiger charge is -2.37. The van der Waals surface area contributed by atoms with Crippen LogP contribution < -0.4 is 11.1 Å². The number of piperazine rings is 1. The Morgan fingerprint density at radius 2 is 2.05 bits per heavy atom. The van der Waals surface area contributed by atoms with Crippen LogP contribution in [-0.4, -0.2) is 41.9 Å². The summed E-state index contributed by atoms with van der Waals surface area (Å²) in [5, 5.41) is 2.84. The second-order valence-corrected chi connectivity index (χ2v) is 6.26. The summed E-state index contributed by atoms with van der Waals surface area (Å²) in [5.74, 6) is 0.138. The minimum Gasteiger partial charge on any atom is -0.353 e. The molecule has 0 radical (unpaired) electrons. The van der Waals surface area contributed by atoms with Gasteiger partial charge in [-0.3, -0.25) is 9.59 Å². The first-order valence-corrected chi connectivity index (χ1v) is 7.86. The van der Waals surface area contributed by atoms with Crippen LogP contribution in [0.1, 0.15) is 25.8 Å². The molecule has 2 atom stereocenters. The molecule has 0 bridgehead atoms. The molecule has 1 aliphatic heterocycles. The van der Waals surface area contributed by atoms with Gasteiger partial charge in [0.1, 0.15) is 6.04 Å². The van der Waals surface area contributed by atoms with Crippen LogP contribution in [0.15, 0.2) is 30.3 Å². The number of benzene rings is 1. The summed E-state index contributed by atoms with van der Waals surface area (Å²) >= 11 is 0. The number of rotatable bonds is 5. The zero-order valence-corrected chi connectivity index (χ0v) is 13.3. The molecule has 5 heteroatoms. The number of amides is 2. The molecule has 0 spiro atoms. The number of hydrogen-bond acceptors (Lipinski definition) is 3. The van der Waals surface area contributed by atoms with Gasteiger partial charge in [0.2, 0.25) is 11.8 Å². The molecule has 0 aliphatic carbocycles. The molecule has 5 nitrogen and oxygen atoms in total. The van der Waals surface area contributed by atoms with Crippen molar-refractivity contribution in [3.8, 4) is 0 Å². The molecule has 2 rings (SSSR count). The SMILES string of the molecule is CC(C)CC1C(=O)NCCN1C(=O)[C@@H](N)Cc1ccccc1. The Bertz CT molecular complexity index is 516. The zero-order chi connectivity index (χ0) is 16.1. The van der Waals surface area contributed by atoms with Crippen molar-refractivity contribution in [2.45, 2.75) is 38.8 Å². The van der Waals surface area contributed by atoms with E-state index in [1.165, 1.54) is 0 Å². The molecule has 0 aromatic heterocycles. The molecule has 1 aliphatic rings. The third-order valence-electron chi connectivity index (χ3n) is 3.92. The Balaban J connectivity index is 2.06. The van der Waals surface area contributed by atoms with Crippen LogP contribution in [0.5, 0.6) is 0 Å². The molecular formula is C17H25N3O2. The Morgan fingerprint density at radius 3 is 2.68 bits per heavy atom. The second kappa shape index (κ2) is 7.40. The van der Waals surface area contributed by atoms with E-state index in [1.54, 1.807) is 4.90 Å². The topological polar surface area (TPSA) is 75.4 Å². The van der Waals surface area contributed by atoms with Crippen molar-refractivity contribution in [2.75, 3.05) is 13.1 Å². The molecule has 2 amide bonds. The molecule has 1 saturated heterocycles. The van der Waals surface area contributed by atoms with Gasteiger partial charge in [0, 0.05) is 13.1 Å². The Kier molecular flexibility index (Phi) is 5.55. The molecule has 1 aromatic carbocycles. The van der Waals surface area contributed by atoms with Crippen LogP contribution in [0.4, 0.5) is 0 Å². The van der Waals surface area contributed by atoms with E-state index >= 15 is 0 Å². The lowest BCUT2D eigenvalue weighted by atomic mass is 9.98. The number of carbonyl (C=O) groups is 2. The fraction of sp³-hybridized carbons (Fsp3) is 0.529. The molecule has 0 saturated carbocycles. The lowest BCUT2D eigenvalue weighted by Crippen LogP contribution is -2.60. The number of nitrogens with two attached hydrogens (primary N) is 1. The number of hydrogen-bond donors (Lipinski definition) is 2. The van der Waals surface area contributed by atoms with Gasteiger partial charge < -0.3 is 16.0 Å². The van der Waals surface area contributed by atoms with E-state index in [4.69, 9.17) is 5.73 Å². The summed E-state index contributed by atoms with van der Waals surface area (Å²) in [6.07, 6.45) is 1.15. The first-order chi connectivity index (χ1) is 10.5. The summed E-state index contributed by atoms with van der Waals surface area (Å²) in [6.45, 7) is 5.13. The zero-order valence-electron chi connectivity index (χ0n) is 13.3. The summed E-state index contributed by atoms with van der Waals surface area (Å²) in [4.78, 5) is 26.4. The van der Waals surface area contributed by atoms with Crippen LogP contribution in [0.25, 0.3) is 0 Å². The standard InChI is InChI=1S/C17H25N3O2/c1-12(2)10-15-16(21)19-8-9-20(15)17(22)14(18)11-13-6-4-3-5-7-13/h3-7,12,14-15H,8-11,18H2,1-2H3,(H,19,21)/t14-,15?/m0/s1. The van der Waals surface area contributed by atoms with Gasteiger partial charge >= 0.3 is 0 Å². The maximum Gasteiger partial charge on any atom is 0.242 e. The van der Waals surface area contributed by atoms with Crippen LogP contribution in [0.3, 0.4) is 0 Å². The van der Waals surface area contributed by atoms with Crippen molar-refractivity contribution in [1.29, 1.82) is 0 Å². The third kappa shape index (κ3) is 4.07. The van der Waals surface area contributed by atoms with Crippen molar-refractivity contribution >= 4 is 11.8 Å². The van der Waals surface area contributed by atoms with Gasteiger partial charge in [0.25, 0.3) is 0 Å². The van der Waals surface area contributed by atoms with Crippen molar-refractivity contribution in [3.05, 3.63) is 35.9 Å². The fourth-order valence-corrected chi connectivity index (χ4v) is 2.83. The highest BCUT2D eigenvalue weighted by Crippen LogP contribution is 2.16. The fourth-order valence-electron chi connectivity index (χ4n) is 2.83. The number of nitrogens with zero attached hydrogens (tertiary/aromatic N) is 1. The Labute approximate surface area is 131 Å². The third-order valence-corrected chi connectivity index (χ3v) is 3.92. The summed E-state index contributed by atoms with van der Waals surface area (Å²) in [7, 11) is 0. The van der Waals surface area contributed by atoms with Gasteiger partial charge in [0.05, 0.1) is 6.04 Å². The molecule has 22 heavy (non-hydrogen) atoms. The minimum atomic E-state index is -0.608. The van der Waals surface area contributed by atoms with E-state index in [9.17, 15) is 9.59 Å². The highest BCUT2D eigenvalue weighted by molar-refractivity contribution is 5.90. The van der Waals surface area contributed by atoms with Gasteiger partial charge in [-0.05, 0) is 24.3 Å². The highest BCUT2D eigenvalue weighted by atomic mass is 16.2. The molecule has 120 valence electrons. The van der Waals surface area contributed by atoms with E-state index in [-0.39, 0.29) is 11.8 Å². The van der Waals surface area contributed by atoms with Crippen LogP contribution in [0.2, 0.25) is 0 Å². The Morgan fingerprint density at radius 1 is 1.36 bits per heavy atom. The average molecular weight is 303 g/mol. The van der Waals surface area contributed by atoms with E-state index < -0.39 is 12.1 Å². The van der Waals surface area contributed by atoms with Gasteiger partial charge in [-0.1, -0.05) is 44.2 Å². The highest BCUT2D eigenvalue weighted by Gasteiger charge is 2.35. The molecule has 1 heterocycles. The molecular weight excluding hydrogens is 278 g/mol. The van der Waals surface area contributed by atoms with Gasteiger partial charge in [-0.2, -0.15) is 0 Å². The minimum absolute atomic E-state index is 0.0692. The lowest BCUT2D eigenvalue weighted by molar-refractivity contribution is -0.144. The van der Waals surface area contributed by atoms with Crippen LogP contribution >= 0.6 is 0 Å². The number of nitrogens with one attached hydrogen (secondary N) is 1. The van der Waals surface area contributed by atoms with Crippen LogP contribution in [0, 0.1) is 5.92 Å². The van der Waals surface area contributed by atoms with Gasteiger partial charge in [-0.15, -0.1) is 0 Å².